The molecule has 2 aliphatic heterocycles. The second-order valence-corrected chi connectivity index (χ2v) is 8.96. The number of benzene rings is 1. The maximum atomic E-state index is 11.4. The molecule has 0 bridgehead atoms. The van der Waals surface area contributed by atoms with E-state index < -0.39 is 0 Å². The average Bonchev–Trinajstić information content (AvgIpc) is 3.48. The summed E-state index contributed by atoms with van der Waals surface area (Å²) in [6.45, 7) is 8.06. The lowest BCUT2D eigenvalue weighted by Gasteiger charge is -2.37. The minimum atomic E-state index is 0.151. The van der Waals surface area contributed by atoms with Gasteiger partial charge in [0, 0.05) is 30.9 Å². The SMILES string of the molecule is CC(=O)c1ccc(N2CCC(CC3CCN(CC4CC4)CC3)CC2)cc1. The van der Waals surface area contributed by atoms with Gasteiger partial charge in [0.25, 0.3) is 0 Å². The molecule has 1 aromatic carbocycles. The van der Waals surface area contributed by atoms with E-state index in [0.29, 0.717) is 0 Å². The Kier molecular flexibility index (Phi) is 5.63. The molecule has 142 valence electrons. The molecule has 3 aliphatic rings. The summed E-state index contributed by atoms with van der Waals surface area (Å²) in [5.41, 5.74) is 2.10. The fraction of sp³-hybridized carbons (Fsp3) is 0.696. The third-order valence-corrected chi connectivity index (χ3v) is 6.84. The molecule has 4 rings (SSSR count). The number of likely N-dealkylation sites (tertiary alicyclic amines) is 1. The Labute approximate surface area is 158 Å². The topological polar surface area (TPSA) is 23.6 Å². The lowest BCUT2D eigenvalue weighted by Crippen LogP contribution is -2.37. The molecule has 0 aromatic heterocycles. The molecule has 0 spiro atoms. The van der Waals surface area contributed by atoms with Crippen molar-refractivity contribution in [1.82, 2.24) is 4.90 Å². The summed E-state index contributed by atoms with van der Waals surface area (Å²) < 4.78 is 0. The van der Waals surface area contributed by atoms with E-state index in [1.807, 2.05) is 12.1 Å². The average molecular weight is 355 g/mol. The van der Waals surface area contributed by atoms with E-state index >= 15 is 0 Å². The quantitative estimate of drug-likeness (QED) is 0.697. The Hall–Kier alpha value is -1.35. The number of nitrogens with zero attached hydrogens (tertiary/aromatic N) is 2. The highest BCUT2D eigenvalue weighted by atomic mass is 16.1. The number of carbonyl (C=O) groups excluding carboxylic acids is 1. The van der Waals surface area contributed by atoms with Crippen LogP contribution in [-0.2, 0) is 0 Å². The first-order valence-electron chi connectivity index (χ1n) is 10.8. The van der Waals surface area contributed by atoms with Gasteiger partial charge in [0.05, 0.1) is 0 Å². The van der Waals surface area contributed by atoms with Crippen LogP contribution < -0.4 is 4.90 Å². The molecule has 26 heavy (non-hydrogen) atoms. The number of Topliss-reactive ketones (excluding diaryl/α,β-unsaturated/α-hetero) is 1. The summed E-state index contributed by atoms with van der Waals surface area (Å²) in [6, 6.07) is 8.18. The molecule has 2 saturated heterocycles. The monoisotopic (exact) mass is 354 g/mol. The second kappa shape index (κ2) is 8.12. The Balaban J connectivity index is 1.19. The van der Waals surface area contributed by atoms with Crippen molar-refractivity contribution in [2.75, 3.05) is 37.6 Å². The van der Waals surface area contributed by atoms with Crippen LogP contribution in [0.3, 0.4) is 0 Å². The van der Waals surface area contributed by atoms with Crippen LogP contribution in [-0.4, -0.2) is 43.4 Å². The van der Waals surface area contributed by atoms with Gasteiger partial charge in [0.1, 0.15) is 0 Å². The van der Waals surface area contributed by atoms with Crippen LogP contribution in [0.1, 0.15) is 62.2 Å². The molecule has 1 aromatic rings. The summed E-state index contributed by atoms with van der Waals surface area (Å²) in [5.74, 6) is 3.08. The number of hydrogen-bond donors (Lipinski definition) is 0. The largest absolute Gasteiger partial charge is 0.372 e. The maximum absolute atomic E-state index is 11.4. The van der Waals surface area contributed by atoms with Gasteiger partial charge in [-0.15, -0.1) is 0 Å². The minimum absolute atomic E-state index is 0.151. The molecule has 3 nitrogen and oxygen atoms in total. The fourth-order valence-electron chi connectivity index (χ4n) is 4.88. The highest BCUT2D eigenvalue weighted by molar-refractivity contribution is 5.94. The molecule has 1 saturated carbocycles. The van der Waals surface area contributed by atoms with Crippen molar-refractivity contribution in [3.8, 4) is 0 Å². The Morgan fingerprint density at radius 3 is 1.96 bits per heavy atom. The van der Waals surface area contributed by atoms with E-state index in [1.165, 1.54) is 83.4 Å². The van der Waals surface area contributed by atoms with Crippen LogP contribution in [0, 0.1) is 17.8 Å². The molecular weight excluding hydrogens is 320 g/mol. The number of anilines is 1. The molecule has 1 aliphatic carbocycles. The number of carbonyl (C=O) groups is 1. The highest BCUT2D eigenvalue weighted by Crippen LogP contribution is 2.34. The zero-order valence-corrected chi connectivity index (χ0v) is 16.3. The first-order valence-corrected chi connectivity index (χ1v) is 10.8. The van der Waals surface area contributed by atoms with Crippen LogP contribution in [0.25, 0.3) is 0 Å². The van der Waals surface area contributed by atoms with Crippen LogP contribution >= 0.6 is 0 Å². The number of ketones is 1. The highest BCUT2D eigenvalue weighted by Gasteiger charge is 2.29. The van der Waals surface area contributed by atoms with Crippen molar-refractivity contribution in [3.05, 3.63) is 29.8 Å². The van der Waals surface area contributed by atoms with Crippen molar-refractivity contribution in [3.63, 3.8) is 0 Å². The van der Waals surface area contributed by atoms with Gasteiger partial charge in [-0.2, -0.15) is 0 Å². The fourth-order valence-corrected chi connectivity index (χ4v) is 4.88. The van der Waals surface area contributed by atoms with Crippen LogP contribution in [0.2, 0.25) is 0 Å². The first kappa shape index (κ1) is 18.0. The van der Waals surface area contributed by atoms with Crippen molar-refractivity contribution >= 4 is 11.5 Å². The van der Waals surface area contributed by atoms with Gasteiger partial charge < -0.3 is 9.80 Å². The predicted octanol–water partition coefficient (Wildman–Crippen LogP) is 4.62. The van der Waals surface area contributed by atoms with Gasteiger partial charge in [0.15, 0.2) is 5.78 Å². The van der Waals surface area contributed by atoms with E-state index in [1.54, 1.807) is 6.92 Å². The minimum Gasteiger partial charge on any atom is -0.372 e. The number of piperidine rings is 2. The van der Waals surface area contributed by atoms with Gasteiger partial charge in [-0.3, -0.25) is 4.79 Å². The molecule has 3 heteroatoms. The molecular formula is C23H34N2O. The zero-order valence-electron chi connectivity index (χ0n) is 16.3. The Morgan fingerprint density at radius 2 is 1.42 bits per heavy atom. The zero-order chi connectivity index (χ0) is 17.9. The van der Waals surface area contributed by atoms with E-state index in [0.717, 1.165) is 23.3 Å². The normalized spacial score (nSPS) is 23.3. The van der Waals surface area contributed by atoms with Crippen molar-refractivity contribution in [2.45, 2.75) is 51.9 Å². The van der Waals surface area contributed by atoms with Gasteiger partial charge in [-0.05, 0) is 107 Å². The van der Waals surface area contributed by atoms with Crippen LogP contribution in [0.15, 0.2) is 24.3 Å². The van der Waals surface area contributed by atoms with Crippen LogP contribution in [0.5, 0.6) is 0 Å². The lowest BCUT2D eigenvalue weighted by atomic mass is 9.82. The Morgan fingerprint density at radius 1 is 0.846 bits per heavy atom. The van der Waals surface area contributed by atoms with E-state index in [9.17, 15) is 4.79 Å². The van der Waals surface area contributed by atoms with Crippen LogP contribution in [0.4, 0.5) is 5.69 Å². The third kappa shape index (κ3) is 4.68. The number of rotatable bonds is 6. The summed E-state index contributed by atoms with van der Waals surface area (Å²) in [4.78, 5) is 16.6. The van der Waals surface area contributed by atoms with E-state index in [4.69, 9.17) is 0 Å². The summed E-state index contributed by atoms with van der Waals surface area (Å²) >= 11 is 0. The molecule has 0 N–H and O–H groups in total. The standard InChI is InChI=1S/C23H34N2O/c1-18(26)22-4-6-23(7-5-22)25-14-10-20(11-15-25)16-19-8-12-24(13-9-19)17-21-2-3-21/h4-7,19-21H,2-3,8-17H2,1H3. The lowest BCUT2D eigenvalue weighted by molar-refractivity contribution is 0.101. The van der Waals surface area contributed by atoms with Crippen molar-refractivity contribution < 1.29 is 4.79 Å². The molecule has 0 unspecified atom stereocenters. The number of hydrogen-bond acceptors (Lipinski definition) is 3. The second-order valence-electron chi connectivity index (χ2n) is 8.96. The van der Waals surface area contributed by atoms with Gasteiger partial charge in [-0.1, -0.05) is 0 Å². The first-order chi connectivity index (χ1) is 12.7. The summed E-state index contributed by atoms with van der Waals surface area (Å²) in [5, 5.41) is 0. The van der Waals surface area contributed by atoms with Gasteiger partial charge in [-0.25, -0.2) is 0 Å². The molecule has 0 radical (unpaired) electrons. The smallest absolute Gasteiger partial charge is 0.159 e. The molecule has 0 amide bonds. The molecule has 2 heterocycles. The van der Waals surface area contributed by atoms with E-state index in [-0.39, 0.29) is 5.78 Å². The third-order valence-electron chi connectivity index (χ3n) is 6.84. The summed E-state index contributed by atoms with van der Waals surface area (Å²) in [6.07, 6.45) is 9.94. The van der Waals surface area contributed by atoms with Crippen molar-refractivity contribution in [1.29, 1.82) is 0 Å². The summed E-state index contributed by atoms with van der Waals surface area (Å²) in [7, 11) is 0. The van der Waals surface area contributed by atoms with E-state index in [2.05, 4.69) is 21.9 Å². The molecule has 0 atom stereocenters. The molecule has 3 fully saturated rings. The predicted molar refractivity (Wildman–Crippen MR) is 108 cm³/mol. The Bertz CT molecular complexity index is 591. The van der Waals surface area contributed by atoms with Crippen molar-refractivity contribution in [2.24, 2.45) is 17.8 Å². The van der Waals surface area contributed by atoms with Gasteiger partial charge in [0.2, 0.25) is 0 Å². The maximum Gasteiger partial charge on any atom is 0.159 e. The van der Waals surface area contributed by atoms with Gasteiger partial charge >= 0.3 is 0 Å².